The monoisotopic (exact) mass is 361 g/mol. The first kappa shape index (κ1) is 16.2. The molecule has 0 saturated carbocycles. The third-order valence-electron chi connectivity index (χ3n) is 4.08. The number of nitriles is 1. The van der Waals surface area contributed by atoms with Crippen molar-refractivity contribution in [3.63, 3.8) is 0 Å². The van der Waals surface area contributed by atoms with Crippen LogP contribution in [0.3, 0.4) is 0 Å². The number of carbonyl (C=O) groups is 1. The first-order valence-electron chi connectivity index (χ1n) is 8.04. The Kier molecular flexibility index (Phi) is 4.11. The Hall–Kier alpha value is -3.24. The first-order chi connectivity index (χ1) is 12.7. The van der Waals surface area contributed by atoms with Crippen molar-refractivity contribution < 1.29 is 4.79 Å². The minimum absolute atomic E-state index is 0.0219. The second kappa shape index (κ2) is 6.58. The van der Waals surface area contributed by atoms with Crippen molar-refractivity contribution in [2.75, 3.05) is 11.9 Å². The zero-order valence-corrected chi connectivity index (χ0v) is 14.8. The van der Waals surface area contributed by atoms with E-state index in [-0.39, 0.29) is 12.5 Å². The zero-order valence-electron chi connectivity index (χ0n) is 14.0. The molecule has 26 heavy (non-hydrogen) atoms. The van der Waals surface area contributed by atoms with E-state index < -0.39 is 0 Å². The summed E-state index contributed by atoms with van der Waals surface area (Å²) in [7, 11) is 0. The minimum atomic E-state index is -0.187. The van der Waals surface area contributed by atoms with E-state index in [2.05, 4.69) is 15.3 Å². The number of aryl methyl sites for hydroxylation is 1. The number of carbonyl (C=O) groups excluding carboxylic acids is 1. The highest BCUT2D eigenvalue weighted by Gasteiger charge is 2.27. The predicted octanol–water partition coefficient (Wildman–Crippen LogP) is 3.85. The molecule has 3 aromatic rings. The minimum Gasteiger partial charge on any atom is -0.340 e. The molecule has 0 aliphatic carbocycles. The van der Waals surface area contributed by atoms with Gasteiger partial charge in [0.1, 0.15) is 12.4 Å². The van der Waals surface area contributed by atoms with Gasteiger partial charge in [-0.2, -0.15) is 5.26 Å². The number of thioether (sulfide) groups is 1. The molecule has 128 valence electrons. The Labute approximate surface area is 154 Å². The number of benzene rings is 2. The van der Waals surface area contributed by atoms with Gasteiger partial charge in [-0.1, -0.05) is 30.0 Å². The number of nitrogens with zero attached hydrogens (tertiary/aromatic N) is 3. The summed E-state index contributed by atoms with van der Waals surface area (Å²) in [6.45, 7) is 2.01. The molecule has 6 nitrogen and oxygen atoms in total. The molecule has 1 amide bonds. The van der Waals surface area contributed by atoms with E-state index in [4.69, 9.17) is 5.26 Å². The van der Waals surface area contributed by atoms with Crippen molar-refractivity contribution >= 4 is 34.4 Å². The summed E-state index contributed by atoms with van der Waals surface area (Å²) < 4.78 is 0. The van der Waals surface area contributed by atoms with Crippen molar-refractivity contribution in [3.05, 3.63) is 64.8 Å². The number of para-hydroxylation sites is 1. The first-order valence-corrected chi connectivity index (χ1v) is 8.92. The average Bonchev–Trinajstić information content (AvgIpc) is 3.04. The second-order valence-corrected chi connectivity index (χ2v) is 6.76. The van der Waals surface area contributed by atoms with Gasteiger partial charge in [0, 0.05) is 5.41 Å². The molecule has 0 unspecified atom stereocenters. The summed E-state index contributed by atoms with van der Waals surface area (Å²) in [6.07, 6.45) is 0. The number of nitrogens with one attached hydrogen (secondary N) is 2. The smallest absolute Gasteiger partial charge is 0.262 e. The maximum Gasteiger partial charge on any atom is 0.262 e. The summed E-state index contributed by atoms with van der Waals surface area (Å²) in [5.74, 6) is 0.380. The van der Waals surface area contributed by atoms with Gasteiger partial charge in [0.05, 0.1) is 28.4 Å². The number of imidazole rings is 1. The number of hydrogen-bond acceptors (Lipinski definition) is 5. The van der Waals surface area contributed by atoms with Gasteiger partial charge in [-0.3, -0.25) is 9.69 Å². The zero-order chi connectivity index (χ0) is 18.1. The fourth-order valence-corrected chi connectivity index (χ4v) is 3.56. The molecule has 0 atom stereocenters. The highest BCUT2D eigenvalue weighted by Crippen LogP contribution is 2.29. The molecule has 0 bridgehead atoms. The van der Waals surface area contributed by atoms with Crippen molar-refractivity contribution in [3.8, 4) is 6.07 Å². The van der Waals surface area contributed by atoms with Crippen LogP contribution in [-0.4, -0.2) is 27.3 Å². The van der Waals surface area contributed by atoms with Crippen LogP contribution in [0.2, 0.25) is 0 Å². The van der Waals surface area contributed by atoms with E-state index in [1.165, 1.54) is 16.7 Å². The van der Waals surface area contributed by atoms with Gasteiger partial charge in [0.15, 0.2) is 5.16 Å². The molecule has 0 fully saturated rings. The lowest BCUT2D eigenvalue weighted by atomic mass is 10.1. The van der Waals surface area contributed by atoms with Crippen LogP contribution in [0, 0.1) is 18.3 Å². The molecule has 2 aromatic carbocycles. The van der Waals surface area contributed by atoms with E-state index in [9.17, 15) is 4.79 Å². The highest BCUT2D eigenvalue weighted by molar-refractivity contribution is 8.02. The molecule has 7 heteroatoms. The number of fused-ring (bicyclic) bond motifs is 2. The maximum absolute atomic E-state index is 12.7. The van der Waals surface area contributed by atoms with Crippen LogP contribution in [0.15, 0.2) is 58.9 Å². The molecule has 0 radical (unpaired) electrons. The predicted molar refractivity (Wildman–Crippen MR) is 101 cm³/mol. The van der Waals surface area contributed by atoms with Crippen molar-refractivity contribution in [2.24, 2.45) is 0 Å². The Morgan fingerprint density at radius 3 is 3.00 bits per heavy atom. The van der Waals surface area contributed by atoms with Crippen molar-refractivity contribution in [2.45, 2.75) is 12.1 Å². The van der Waals surface area contributed by atoms with Crippen LogP contribution >= 0.6 is 11.8 Å². The Balaban J connectivity index is 1.65. The number of rotatable bonds is 3. The number of hydrogen-bond donors (Lipinski definition) is 2. The van der Waals surface area contributed by atoms with Gasteiger partial charge in [0.2, 0.25) is 0 Å². The van der Waals surface area contributed by atoms with E-state index in [0.717, 1.165) is 27.4 Å². The lowest BCUT2D eigenvalue weighted by Gasteiger charge is -2.30. The largest absolute Gasteiger partial charge is 0.340 e. The molecule has 4 rings (SSSR count). The molecule has 1 aromatic heterocycles. The summed E-state index contributed by atoms with van der Waals surface area (Å²) in [5.41, 5.74) is 4.32. The Morgan fingerprint density at radius 1 is 1.31 bits per heavy atom. The summed E-state index contributed by atoms with van der Waals surface area (Å²) in [6, 6.07) is 15.3. The van der Waals surface area contributed by atoms with Gasteiger partial charge in [0.25, 0.3) is 5.91 Å². The Bertz CT molecular complexity index is 1080. The van der Waals surface area contributed by atoms with Gasteiger partial charge >= 0.3 is 0 Å². The molecule has 2 heterocycles. The molecular weight excluding hydrogens is 346 g/mol. The lowest BCUT2D eigenvalue weighted by molar-refractivity contribution is 0.0818. The normalized spacial score (nSPS) is 15.0. The summed E-state index contributed by atoms with van der Waals surface area (Å²) in [5, 5.41) is 14.8. The van der Waals surface area contributed by atoms with Gasteiger partial charge in [-0.25, -0.2) is 4.98 Å². The highest BCUT2D eigenvalue weighted by atomic mass is 32.2. The third kappa shape index (κ3) is 2.91. The number of aromatic nitrogens is 2. The van der Waals surface area contributed by atoms with Gasteiger partial charge < -0.3 is 10.3 Å². The van der Waals surface area contributed by atoms with E-state index in [0.29, 0.717) is 11.4 Å². The molecule has 1 aliphatic heterocycles. The van der Waals surface area contributed by atoms with E-state index in [1.807, 2.05) is 49.4 Å². The number of H-pyrrole nitrogens is 1. The summed E-state index contributed by atoms with van der Waals surface area (Å²) in [4.78, 5) is 21.9. The van der Waals surface area contributed by atoms with Crippen LogP contribution in [0.5, 0.6) is 0 Å². The molecule has 0 spiro atoms. The topological polar surface area (TPSA) is 84.8 Å². The average molecular weight is 361 g/mol. The van der Waals surface area contributed by atoms with E-state index >= 15 is 0 Å². The SMILES string of the molecule is Cc1ccc2nc(S/C=C3/Nc4ccccc4C(=O)N3CC#N)[nH]c2c1. The molecule has 1 aliphatic rings. The van der Waals surface area contributed by atoms with Gasteiger partial charge in [-0.15, -0.1) is 0 Å². The summed E-state index contributed by atoms with van der Waals surface area (Å²) >= 11 is 1.37. The third-order valence-corrected chi connectivity index (χ3v) is 4.84. The molecule has 0 saturated heterocycles. The lowest BCUT2D eigenvalue weighted by Crippen LogP contribution is -2.38. The van der Waals surface area contributed by atoms with Crippen LogP contribution in [0.4, 0.5) is 5.69 Å². The van der Waals surface area contributed by atoms with Crippen LogP contribution in [0.1, 0.15) is 15.9 Å². The van der Waals surface area contributed by atoms with Gasteiger partial charge in [-0.05, 0) is 36.8 Å². The fraction of sp³-hybridized carbons (Fsp3) is 0.105. The second-order valence-electron chi connectivity index (χ2n) is 5.90. The number of amides is 1. The maximum atomic E-state index is 12.7. The van der Waals surface area contributed by atoms with E-state index in [1.54, 1.807) is 11.5 Å². The Morgan fingerprint density at radius 2 is 2.15 bits per heavy atom. The van der Waals surface area contributed by atoms with Crippen molar-refractivity contribution in [1.29, 1.82) is 5.26 Å². The van der Waals surface area contributed by atoms with Crippen LogP contribution in [0.25, 0.3) is 11.0 Å². The number of anilines is 1. The molecular formula is C19H15N5OS. The standard InChI is InChI=1S/C19H15N5OS/c1-12-6-7-15-16(10-12)23-19(22-15)26-11-17-21-14-5-3-2-4-13(14)18(25)24(17)9-8-20/h2-7,10-11,21H,9H2,1H3,(H,22,23)/b17-11-. The fourth-order valence-electron chi connectivity index (χ4n) is 2.83. The van der Waals surface area contributed by atoms with Crippen LogP contribution < -0.4 is 5.32 Å². The van der Waals surface area contributed by atoms with Crippen LogP contribution in [-0.2, 0) is 0 Å². The quantitative estimate of drug-likeness (QED) is 0.547. The number of aromatic amines is 1. The molecule has 2 N–H and O–H groups in total. The van der Waals surface area contributed by atoms with Crippen molar-refractivity contribution in [1.82, 2.24) is 14.9 Å².